The standard InChI is InChI=1S/C10H8N2O4S/c13-7-3-6(9(14)12-7)17-8-2-1-5(4-11-8)10(15)16/h1-2,4,6H,3H2,(H,15,16)(H,12,13,14). The minimum Gasteiger partial charge on any atom is -0.478 e. The second kappa shape index (κ2) is 4.54. The van der Waals surface area contributed by atoms with Crippen molar-refractivity contribution >= 4 is 29.5 Å². The molecule has 17 heavy (non-hydrogen) atoms. The summed E-state index contributed by atoms with van der Waals surface area (Å²) in [5, 5.41) is 10.9. The largest absolute Gasteiger partial charge is 0.478 e. The van der Waals surface area contributed by atoms with Crippen molar-refractivity contribution < 1.29 is 19.5 Å². The number of nitrogens with one attached hydrogen (secondary N) is 1. The number of hydrogen-bond donors (Lipinski definition) is 2. The fourth-order valence-electron chi connectivity index (χ4n) is 1.35. The van der Waals surface area contributed by atoms with Crippen LogP contribution in [0, 0.1) is 0 Å². The van der Waals surface area contributed by atoms with Crippen LogP contribution in [0.3, 0.4) is 0 Å². The van der Waals surface area contributed by atoms with Crippen molar-refractivity contribution in [3.05, 3.63) is 23.9 Å². The lowest BCUT2D eigenvalue weighted by atomic mass is 10.3. The smallest absolute Gasteiger partial charge is 0.337 e. The molecule has 1 unspecified atom stereocenters. The van der Waals surface area contributed by atoms with Crippen LogP contribution in [0.15, 0.2) is 23.4 Å². The molecule has 2 rings (SSSR count). The number of amides is 2. The van der Waals surface area contributed by atoms with E-state index in [2.05, 4.69) is 10.3 Å². The first-order valence-electron chi connectivity index (χ1n) is 4.76. The van der Waals surface area contributed by atoms with Crippen molar-refractivity contribution in [2.45, 2.75) is 16.7 Å². The molecule has 0 spiro atoms. The summed E-state index contributed by atoms with van der Waals surface area (Å²) in [6.07, 6.45) is 1.35. The molecule has 0 bridgehead atoms. The zero-order chi connectivity index (χ0) is 12.4. The summed E-state index contributed by atoms with van der Waals surface area (Å²) in [7, 11) is 0. The van der Waals surface area contributed by atoms with Crippen molar-refractivity contribution in [3.8, 4) is 0 Å². The van der Waals surface area contributed by atoms with E-state index >= 15 is 0 Å². The Hall–Kier alpha value is -1.89. The molecule has 2 heterocycles. The average molecular weight is 252 g/mol. The molecule has 1 fully saturated rings. The summed E-state index contributed by atoms with van der Waals surface area (Å²) in [5.74, 6) is -1.68. The molecular formula is C10H8N2O4S. The lowest BCUT2D eigenvalue weighted by Gasteiger charge is -2.04. The monoisotopic (exact) mass is 252 g/mol. The highest BCUT2D eigenvalue weighted by molar-refractivity contribution is 8.00. The summed E-state index contributed by atoms with van der Waals surface area (Å²) in [5.41, 5.74) is 0.0845. The summed E-state index contributed by atoms with van der Waals surface area (Å²) in [6, 6.07) is 2.93. The molecule has 0 radical (unpaired) electrons. The van der Waals surface area contributed by atoms with Gasteiger partial charge in [0.15, 0.2) is 0 Å². The van der Waals surface area contributed by atoms with Gasteiger partial charge in [-0.1, -0.05) is 11.8 Å². The number of carboxylic acids is 1. The number of carbonyl (C=O) groups is 3. The molecule has 88 valence electrons. The molecule has 1 aromatic rings. The van der Waals surface area contributed by atoms with Crippen molar-refractivity contribution in [2.75, 3.05) is 0 Å². The zero-order valence-corrected chi connectivity index (χ0v) is 9.36. The number of aromatic carboxylic acids is 1. The van der Waals surface area contributed by atoms with Gasteiger partial charge in [0, 0.05) is 12.6 Å². The number of aromatic nitrogens is 1. The van der Waals surface area contributed by atoms with Gasteiger partial charge in [0.25, 0.3) is 0 Å². The summed E-state index contributed by atoms with van der Waals surface area (Å²) < 4.78 is 0. The Kier molecular flexibility index (Phi) is 3.10. The number of carbonyl (C=O) groups excluding carboxylic acids is 2. The van der Waals surface area contributed by atoms with E-state index in [1.165, 1.54) is 18.3 Å². The summed E-state index contributed by atoms with van der Waals surface area (Å²) >= 11 is 1.15. The highest BCUT2D eigenvalue weighted by atomic mass is 32.2. The first-order valence-corrected chi connectivity index (χ1v) is 5.64. The fourth-order valence-corrected chi connectivity index (χ4v) is 2.30. The molecule has 0 saturated carbocycles. The molecule has 1 saturated heterocycles. The Morgan fingerprint density at radius 2 is 2.24 bits per heavy atom. The van der Waals surface area contributed by atoms with Crippen LogP contribution < -0.4 is 5.32 Å². The maximum absolute atomic E-state index is 11.3. The topological polar surface area (TPSA) is 96.4 Å². The second-order valence-corrected chi connectivity index (χ2v) is 4.64. The summed E-state index contributed by atoms with van der Waals surface area (Å²) in [4.78, 5) is 36.8. The van der Waals surface area contributed by atoms with Crippen LogP contribution in [0.25, 0.3) is 0 Å². The van der Waals surface area contributed by atoms with Gasteiger partial charge in [-0.15, -0.1) is 0 Å². The molecule has 1 atom stereocenters. The number of rotatable bonds is 3. The van der Waals surface area contributed by atoms with Crippen LogP contribution in [0.5, 0.6) is 0 Å². The lowest BCUT2D eigenvalue weighted by molar-refractivity contribution is -0.124. The van der Waals surface area contributed by atoms with Crippen LogP contribution in [-0.4, -0.2) is 33.1 Å². The molecule has 6 nitrogen and oxygen atoms in total. The van der Waals surface area contributed by atoms with E-state index < -0.39 is 11.2 Å². The van der Waals surface area contributed by atoms with Crippen LogP contribution in [0.2, 0.25) is 0 Å². The number of thioether (sulfide) groups is 1. The third kappa shape index (κ3) is 2.62. The van der Waals surface area contributed by atoms with Gasteiger partial charge in [0.2, 0.25) is 11.8 Å². The number of nitrogens with zero attached hydrogens (tertiary/aromatic N) is 1. The number of hydrogen-bond acceptors (Lipinski definition) is 5. The predicted molar refractivity (Wildman–Crippen MR) is 58.6 cm³/mol. The van der Waals surface area contributed by atoms with E-state index in [9.17, 15) is 14.4 Å². The quantitative estimate of drug-likeness (QED) is 0.750. The van der Waals surface area contributed by atoms with Crippen LogP contribution in [0.1, 0.15) is 16.8 Å². The molecule has 0 aromatic carbocycles. The van der Waals surface area contributed by atoms with Gasteiger partial charge in [-0.3, -0.25) is 14.9 Å². The highest BCUT2D eigenvalue weighted by Crippen LogP contribution is 2.26. The number of carboxylic acid groups (broad SMARTS) is 1. The Balaban J connectivity index is 2.07. The maximum atomic E-state index is 11.3. The average Bonchev–Trinajstić information content (AvgIpc) is 2.58. The molecule has 7 heteroatoms. The van der Waals surface area contributed by atoms with Crippen molar-refractivity contribution in [1.82, 2.24) is 10.3 Å². The third-order valence-electron chi connectivity index (χ3n) is 2.17. The van der Waals surface area contributed by atoms with Crippen molar-refractivity contribution in [3.63, 3.8) is 0 Å². The summed E-state index contributed by atoms with van der Waals surface area (Å²) in [6.45, 7) is 0. The normalized spacial score (nSPS) is 19.2. The molecule has 1 aliphatic heterocycles. The number of imide groups is 1. The molecule has 2 amide bonds. The van der Waals surface area contributed by atoms with E-state index in [-0.39, 0.29) is 23.8 Å². The first kappa shape index (κ1) is 11.6. The molecule has 0 aliphatic carbocycles. The predicted octanol–water partition coefficient (Wildman–Crippen LogP) is 0.287. The van der Waals surface area contributed by atoms with E-state index in [4.69, 9.17) is 5.11 Å². The van der Waals surface area contributed by atoms with Gasteiger partial charge < -0.3 is 5.11 Å². The highest BCUT2D eigenvalue weighted by Gasteiger charge is 2.31. The van der Waals surface area contributed by atoms with Gasteiger partial charge in [0.1, 0.15) is 0 Å². The van der Waals surface area contributed by atoms with Gasteiger partial charge in [-0.25, -0.2) is 9.78 Å². The minimum atomic E-state index is -1.05. The Labute approximate surface area is 100 Å². The fraction of sp³-hybridized carbons (Fsp3) is 0.200. The van der Waals surface area contributed by atoms with Crippen LogP contribution >= 0.6 is 11.8 Å². The van der Waals surface area contributed by atoms with Crippen molar-refractivity contribution in [1.29, 1.82) is 0 Å². The van der Waals surface area contributed by atoms with Gasteiger partial charge in [0.05, 0.1) is 15.8 Å². The van der Waals surface area contributed by atoms with Gasteiger partial charge in [-0.2, -0.15) is 0 Å². The third-order valence-corrected chi connectivity index (χ3v) is 3.32. The van der Waals surface area contributed by atoms with Crippen LogP contribution in [-0.2, 0) is 9.59 Å². The second-order valence-electron chi connectivity index (χ2n) is 3.41. The minimum absolute atomic E-state index is 0.0845. The molecular weight excluding hydrogens is 244 g/mol. The Morgan fingerprint density at radius 1 is 1.47 bits per heavy atom. The first-order chi connectivity index (χ1) is 8.06. The van der Waals surface area contributed by atoms with Gasteiger partial charge in [-0.05, 0) is 12.1 Å². The Bertz CT molecular complexity index is 486. The van der Waals surface area contributed by atoms with E-state index in [1.807, 2.05) is 0 Å². The lowest BCUT2D eigenvalue weighted by Crippen LogP contribution is -2.23. The molecule has 1 aliphatic rings. The van der Waals surface area contributed by atoms with Crippen LogP contribution in [0.4, 0.5) is 0 Å². The van der Waals surface area contributed by atoms with Crippen molar-refractivity contribution in [2.24, 2.45) is 0 Å². The maximum Gasteiger partial charge on any atom is 0.337 e. The van der Waals surface area contributed by atoms with E-state index in [1.54, 1.807) is 0 Å². The van der Waals surface area contributed by atoms with E-state index in [0.29, 0.717) is 5.03 Å². The van der Waals surface area contributed by atoms with Gasteiger partial charge >= 0.3 is 5.97 Å². The zero-order valence-electron chi connectivity index (χ0n) is 8.54. The molecule has 2 N–H and O–H groups in total. The SMILES string of the molecule is O=C1CC(Sc2ccc(C(=O)O)cn2)C(=O)N1. The number of pyridine rings is 1. The molecule has 1 aromatic heterocycles. The van der Waals surface area contributed by atoms with E-state index in [0.717, 1.165) is 11.8 Å². The Morgan fingerprint density at radius 3 is 2.71 bits per heavy atom.